The minimum Gasteiger partial charge on any atom is -0.462 e. The van der Waals surface area contributed by atoms with Gasteiger partial charge < -0.3 is 24.0 Å². The molecule has 0 spiro atoms. The number of carbonyl (C=O) groups is 2. The highest BCUT2D eigenvalue weighted by molar-refractivity contribution is 7.47. The lowest BCUT2D eigenvalue weighted by Gasteiger charge is -2.24. The molecule has 61 heavy (non-hydrogen) atoms. The van der Waals surface area contributed by atoms with Gasteiger partial charge in [-0.25, -0.2) is 4.57 Å². The van der Waals surface area contributed by atoms with Crippen molar-refractivity contribution in [3.63, 3.8) is 0 Å². The molecule has 356 valence electrons. The summed E-state index contributed by atoms with van der Waals surface area (Å²) in [7, 11) is 1.38. The largest absolute Gasteiger partial charge is 0.472 e. The number of ether oxygens (including phenoxy) is 2. The molecule has 0 aliphatic heterocycles. The van der Waals surface area contributed by atoms with Crippen LogP contribution in [0.4, 0.5) is 0 Å². The standard InChI is InChI=1S/C50H92NO9P/c1-6-8-10-12-14-16-18-20-21-22-23-24-25-27-29-31-33-35-37-41-50(54)60-48(46-59-61(55,56)58-44-43-51(3,4)5)45-57-49(53)42-38-40-47(52)39-36-34-32-30-28-26-19-17-15-13-11-9-7-2/h15,17,26,28,32,34,36,39,47-48,52H,6-14,16,18-25,27,29-31,33,35,37-38,40-46H2,1-5H3/p+1/b17-15-,28-26-,34-32-,39-36+/t47-,48-/m1/s1. The molecule has 0 amide bonds. The van der Waals surface area contributed by atoms with Crippen molar-refractivity contribution in [2.45, 2.75) is 212 Å². The molecular formula is C50H93NO9P+. The number of phosphoric acid groups is 1. The average Bonchev–Trinajstić information content (AvgIpc) is 3.21. The second kappa shape index (κ2) is 41.9. The molecule has 3 atom stereocenters. The van der Waals surface area contributed by atoms with Crippen LogP contribution in [0.3, 0.4) is 0 Å². The van der Waals surface area contributed by atoms with Crippen LogP contribution in [0.15, 0.2) is 48.6 Å². The summed E-state index contributed by atoms with van der Waals surface area (Å²) in [5.41, 5.74) is 0. The molecule has 0 aromatic rings. The molecule has 0 fully saturated rings. The van der Waals surface area contributed by atoms with Crippen LogP contribution < -0.4 is 0 Å². The molecule has 2 N–H and O–H groups in total. The van der Waals surface area contributed by atoms with E-state index in [0.717, 1.165) is 38.5 Å². The van der Waals surface area contributed by atoms with Gasteiger partial charge in [0, 0.05) is 12.8 Å². The molecule has 0 saturated carbocycles. The SMILES string of the molecule is CCCCC/C=C\C/C=C\C/C=C\C=C\[C@@H](O)CCCC(=O)OC[C@H](COP(=O)(O)OCC[N+](C)(C)C)OC(=O)CCCCCCCCCCCCCCCCCCCCC. The van der Waals surface area contributed by atoms with Crippen LogP contribution in [0.5, 0.6) is 0 Å². The third kappa shape index (κ3) is 45.8. The number of carbonyl (C=O) groups excluding carboxylic acids is 2. The number of hydrogen-bond acceptors (Lipinski definition) is 8. The predicted molar refractivity (Wildman–Crippen MR) is 253 cm³/mol. The lowest BCUT2D eigenvalue weighted by molar-refractivity contribution is -0.870. The number of nitrogens with zero attached hydrogens (tertiary/aromatic N) is 1. The first-order valence-electron chi connectivity index (χ1n) is 24.5. The van der Waals surface area contributed by atoms with E-state index in [1.54, 1.807) is 12.2 Å². The molecule has 0 radical (unpaired) electrons. The van der Waals surface area contributed by atoms with Crippen LogP contribution in [-0.4, -0.2) is 86.1 Å². The van der Waals surface area contributed by atoms with Gasteiger partial charge in [-0.2, -0.15) is 0 Å². The maximum absolute atomic E-state index is 12.7. The fourth-order valence-corrected chi connectivity index (χ4v) is 7.33. The number of allylic oxidation sites excluding steroid dienone is 7. The van der Waals surface area contributed by atoms with Gasteiger partial charge in [0.15, 0.2) is 6.10 Å². The summed E-state index contributed by atoms with van der Waals surface area (Å²) in [6.45, 7) is 4.19. The number of aliphatic hydroxyl groups is 1. The van der Waals surface area contributed by atoms with E-state index < -0.39 is 38.6 Å². The lowest BCUT2D eigenvalue weighted by Crippen LogP contribution is -2.37. The quantitative estimate of drug-likeness (QED) is 0.0153. The summed E-state index contributed by atoms with van der Waals surface area (Å²) in [5.74, 6) is -0.995. The minimum atomic E-state index is -4.42. The Kier molecular flexibility index (Phi) is 40.5. The fraction of sp³-hybridized carbons (Fsp3) is 0.800. The number of likely N-dealkylation sites (N-methyl/N-ethyl adjacent to an activating group) is 1. The van der Waals surface area contributed by atoms with E-state index in [9.17, 15) is 24.2 Å². The van der Waals surface area contributed by atoms with Crippen molar-refractivity contribution in [1.82, 2.24) is 0 Å². The summed E-state index contributed by atoms with van der Waals surface area (Å²) in [5, 5.41) is 10.3. The van der Waals surface area contributed by atoms with Crippen LogP contribution in [0.1, 0.15) is 200 Å². The number of quaternary nitrogens is 1. The molecular weight excluding hydrogens is 790 g/mol. The first-order chi connectivity index (χ1) is 29.4. The van der Waals surface area contributed by atoms with Gasteiger partial charge >= 0.3 is 19.8 Å². The average molecular weight is 883 g/mol. The smallest absolute Gasteiger partial charge is 0.462 e. The van der Waals surface area contributed by atoms with Crippen molar-refractivity contribution in [3.05, 3.63) is 48.6 Å². The van der Waals surface area contributed by atoms with E-state index in [0.29, 0.717) is 30.3 Å². The van der Waals surface area contributed by atoms with E-state index in [1.165, 1.54) is 116 Å². The topological polar surface area (TPSA) is 129 Å². The molecule has 0 heterocycles. The van der Waals surface area contributed by atoms with Crippen LogP contribution in [-0.2, 0) is 32.7 Å². The molecule has 0 saturated heterocycles. The highest BCUT2D eigenvalue weighted by atomic mass is 31.2. The summed E-state index contributed by atoms with van der Waals surface area (Å²) in [6, 6.07) is 0. The summed E-state index contributed by atoms with van der Waals surface area (Å²) >= 11 is 0. The second-order valence-corrected chi connectivity index (χ2v) is 19.2. The zero-order valence-electron chi connectivity index (χ0n) is 39.8. The Bertz CT molecular complexity index is 1200. The molecule has 0 aromatic carbocycles. The van der Waals surface area contributed by atoms with Gasteiger partial charge in [-0.05, 0) is 44.9 Å². The summed E-state index contributed by atoms with van der Waals surface area (Å²) in [4.78, 5) is 35.5. The normalized spacial score (nSPS) is 14.4. The van der Waals surface area contributed by atoms with Crippen molar-refractivity contribution in [2.75, 3.05) is 47.5 Å². The lowest BCUT2D eigenvalue weighted by atomic mass is 10.0. The molecule has 0 bridgehead atoms. The maximum atomic E-state index is 12.7. The van der Waals surface area contributed by atoms with Gasteiger partial charge in [0.05, 0.1) is 33.9 Å². The Labute approximate surface area is 374 Å². The Morgan fingerprint density at radius 3 is 1.64 bits per heavy atom. The van der Waals surface area contributed by atoms with Gasteiger partial charge in [-0.15, -0.1) is 0 Å². The number of hydrogen-bond donors (Lipinski definition) is 2. The Morgan fingerprint density at radius 1 is 0.590 bits per heavy atom. The first-order valence-corrected chi connectivity index (χ1v) is 26.0. The van der Waals surface area contributed by atoms with Crippen LogP contribution in [0.2, 0.25) is 0 Å². The summed E-state index contributed by atoms with van der Waals surface area (Å²) in [6.07, 6.45) is 46.2. The molecule has 11 heteroatoms. The van der Waals surface area contributed by atoms with Crippen LogP contribution in [0.25, 0.3) is 0 Å². The van der Waals surface area contributed by atoms with E-state index in [-0.39, 0.29) is 26.1 Å². The van der Waals surface area contributed by atoms with Gasteiger partial charge in [-0.1, -0.05) is 191 Å². The predicted octanol–water partition coefficient (Wildman–Crippen LogP) is 13.2. The number of unbranched alkanes of at least 4 members (excludes halogenated alkanes) is 21. The number of rotatable bonds is 44. The van der Waals surface area contributed by atoms with Crippen molar-refractivity contribution in [3.8, 4) is 0 Å². The van der Waals surface area contributed by atoms with E-state index in [4.69, 9.17) is 18.5 Å². The van der Waals surface area contributed by atoms with E-state index in [2.05, 4.69) is 38.2 Å². The van der Waals surface area contributed by atoms with Crippen LogP contribution in [0, 0.1) is 0 Å². The highest BCUT2D eigenvalue weighted by Gasteiger charge is 2.27. The monoisotopic (exact) mass is 883 g/mol. The van der Waals surface area contributed by atoms with Crippen molar-refractivity contribution >= 4 is 19.8 Å². The fourth-order valence-electron chi connectivity index (χ4n) is 6.59. The molecule has 0 aliphatic carbocycles. The third-order valence-electron chi connectivity index (χ3n) is 10.5. The number of phosphoric ester groups is 1. The zero-order chi connectivity index (χ0) is 45.1. The van der Waals surface area contributed by atoms with Gasteiger partial charge in [0.1, 0.15) is 19.8 Å². The summed E-state index contributed by atoms with van der Waals surface area (Å²) < 4.78 is 34.2. The number of esters is 2. The second-order valence-electron chi connectivity index (χ2n) is 17.7. The van der Waals surface area contributed by atoms with Crippen molar-refractivity contribution in [1.29, 1.82) is 0 Å². The van der Waals surface area contributed by atoms with Gasteiger partial charge in [0.2, 0.25) is 0 Å². The molecule has 0 aromatic heterocycles. The Hall–Kier alpha value is -2.07. The van der Waals surface area contributed by atoms with Gasteiger partial charge in [0.25, 0.3) is 0 Å². The Morgan fingerprint density at radius 2 is 1.08 bits per heavy atom. The molecule has 0 aliphatic rings. The first kappa shape index (κ1) is 58.9. The van der Waals surface area contributed by atoms with E-state index >= 15 is 0 Å². The Balaban J connectivity index is 4.44. The van der Waals surface area contributed by atoms with E-state index in [1.807, 2.05) is 33.3 Å². The highest BCUT2D eigenvalue weighted by Crippen LogP contribution is 2.43. The zero-order valence-corrected chi connectivity index (χ0v) is 40.6. The van der Waals surface area contributed by atoms with Gasteiger partial charge in [-0.3, -0.25) is 18.6 Å². The third-order valence-corrected chi connectivity index (χ3v) is 11.5. The minimum absolute atomic E-state index is 0.00214. The van der Waals surface area contributed by atoms with Crippen molar-refractivity contribution in [2.24, 2.45) is 0 Å². The van der Waals surface area contributed by atoms with Crippen molar-refractivity contribution < 1.29 is 47.2 Å². The molecule has 1 unspecified atom stereocenters. The molecule has 10 nitrogen and oxygen atoms in total. The maximum Gasteiger partial charge on any atom is 0.472 e. The molecule has 0 rings (SSSR count). The van der Waals surface area contributed by atoms with Crippen LogP contribution >= 0.6 is 7.82 Å². The number of aliphatic hydroxyl groups excluding tert-OH is 1.